The minimum Gasteiger partial charge on any atom is -0.361 e. The van der Waals surface area contributed by atoms with Crippen molar-refractivity contribution < 1.29 is 14.4 Å². The number of fused-ring (bicyclic) bond motifs is 1. The first-order chi connectivity index (χ1) is 11.5. The van der Waals surface area contributed by atoms with Crippen LogP contribution in [0.2, 0.25) is 0 Å². The van der Waals surface area contributed by atoms with E-state index in [2.05, 4.69) is 10.3 Å². The fourth-order valence-corrected chi connectivity index (χ4v) is 2.96. The van der Waals surface area contributed by atoms with Crippen LogP contribution in [-0.2, 0) is 14.4 Å². The van der Waals surface area contributed by atoms with Crippen LogP contribution in [-0.4, -0.2) is 35.0 Å². The molecule has 1 aliphatic rings. The maximum Gasteiger partial charge on any atom is 0.294 e. The van der Waals surface area contributed by atoms with Crippen LogP contribution < -0.4 is 5.32 Å². The fraction of sp³-hybridized carbons (Fsp3) is 0.333. The van der Waals surface area contributed by atoms with E-state index >= 15 is 0 Å². The summed E-state index contributed by atoms with van der Waals surface area (Å²) in [5.41, 5.74) is 2.03. The van der Waals surface area contributed by atoms with Crippen LogP contribution in [0.3, 0.4) is 0 Å². The Bertz CT molecular complexity index is 807. The third-order valence-corrected chi connectivity index (χ3v) is 4.09. The Morgan fingerprint density at radius 2 is 2.04 bits per heavy atom. The number of nitrogens with one attached hydrogen (secondary N) is 2. The first kappa shape index (κ1) is 16.3. The number of benzene rings is 1. The number of hydrogen-bond donors (Lipinski definition) is 2. The number of aromatic nitrogens is 1. The number of aromatic amines is 1. The molecule has 1 saturated heterocycles. The van der Waals surface area contributed by atoms with E-state index in [1.165, 1.54) is 12.2 Å². The van der Waals surface area contributed by atoms with Crippen LogP contribution in [0.4, 0.5) is 0 Å². The van der Waals surface area contributed by atoms with Gasteiger partial charge >= 0.3 is 0 Å². The third kappa shape index (κ3) is 2.92. The van der Waals surface area contributed by atoms with Crippen LogP contribution >= 0.6 is 0 Å². The molecule has 1 fully saturated rings. The molecule has 3 rings (SSSR count). The zero-order chi connectivity index (χ0) is 17.3. The van der Waals surface area contributed by atoms with E-state index in [-0.39, 0.29) is 23.4 Å². The standard InChI is InChI=1S/C18H21N3O3/c1-11(2)8-16-17(22)20-15(18(23)21(16)24-3)9-12-10-19-14-7-5-4-6-13(12)14/h4-7,9-11,16,19H,8H2,1-3H3,(H,20,22)/b15-9+/t16-/m0/s1. The summed E-state index contributed by atoms with van der Waals surface area (Å²) in [6.07, 6.45) is 4.04. The average molecular weight is 327 g/mol. The van der Waals surface area contributed by atoms with Crippen LogP contribution in [0.15, 0.2) is 36.2 Å². The molecule has 126 valence electrons. The van der Waals surface area contributed by atoms with Gasteiger partial charge in [-0.25, -0.2) is 5.06 Å². The number of H-pyrrole nitrogens is 1. The van der Waals surface area contributed by atoms with Gasteiger partial charge < -0.3 is 10.3 Å². The van der Waals surface area contributed by atoms with E-state index in [0.29, 0.717) is 6.42 Å². The van der Waals surface area contributed by atoms with Gasteiger partial charge in [-0.05, 0) is 24.5 Å². The Morgan fingerprint density at radius 3 is 2.75 bits per heavy atom. The van der Waals surface area contributed by atoms with Gasteiger partial charge in [-0.1, -0.05) is 32.0 Å². The molecule has 0 unspecified atom stereocenters. The lowest BCUT2D eigenvalue weighted by Gasteiger charge is -2.34. The van der Waals surface area contributed by atoms with Crippen LogP contribution in [0, 0.1) is 5.92 Å². The molecule has 1 aliphatic heterocycles. The quantitative estimate of drug-likeness (QED) is 0.847. The Morgan fingerprint density at radius 1 is 1.29 bits per heavy atom. The van der Waals surface area contributed by atoms with E-state index in [0.717, 1.165) is 16.5 Å². The van der Waals surface area contributed by atoms with Crippen molar-refractivity contribution in [3.63, 3.8) is 0 Å². The van der Waals surface area contributed by atoms with Crippen molar-refractivity contribution >= 4 is 28.8 Å². The summed E-state index contributed by atoms with van der Waals surface area (Å²) in [6, 6.07) is 7.18. The lowest BCUT2D eigenvalue weighted by molar-refractivity contribution is -0.193. The van der Waals surface area contributed by atoms with Gasteiger partial charge in [0.25, 0.3) is 5.91 Å². The minimum atomic E-state index is -0.609. The monoisotopic (exact) mass is 327 g/mol. The molecule has 0 aliphatic carbocycles. The predicted octanol–water partition coefficient (Wildman–Crippen LogP) is 2.44. The number of rotatable bonds is 4. The lowest BCUT2D eigenvalue weighted by Crippen LogP contribution is -2.56. The highest BCUT2D eigenvalue weighted by atomic mass is 16.7. The first-order valence-electron chi connectivity index (χ1n) is 7.97. The number of carbonyl (C=O) groups is 2. The van der Waals surface area contributed by atoms with Crippen molar-refractivity contribution in [3.8, 4) is 0 Å². The summed E-state index contributed by atoms with van der Waals surface area (Å²) in [5, 5.41) is 4.88. The van der Waals surface area contributed by atoms with Gasteiger partial charge in [0.2, 0.25) is 5.91 Å². The molecule has 0 bridgehead atoms. The topological polar surface area (TPSA) is 74.4 Å². The number of amides is 2. The van der Waals surface area contributed by atoms with Gasteiger partial charge in [0.15, 0.2) is 0 Å². The maximum atomic E-state index is 12.7. The number of hydroxylamine groups is 2. The Kier molecular flexibility index (Phi) is 4.40. The lowest BCUT2D eigenvalue weighted by atomic mass is 10.0. The SMILES string of the molecule is CON1C(=O)/C(=C\c2c[nH]c3ccccc23)NC(=O)[C@@H]1CC(C)C. The highest BCUT2D eigenvalue weighted by Gasteiger charge is 2.38. The van der Waals surface area contributed by atoms with Gasteiger partial charge in [-0.15, -0.1) is 0 Å². The number of carbonyl (C=O) groups excluding carboxylic acids is 2. The van der Waals surface area contributed by atoms with Gasteiger partial charge in [0, 0.05) is 22.7 Å². The van der Waals surface area contributed by atoms with Crippen LogP contribution in [0.1, 0.15) is 25.8 Å². The predicted molar refractivity (Wildman–Crippen MR) is 91.5 cm³/mol. The fourth-order valence-electron chi connectivity index (χ4n) is 2.96. The van der Waals surface area contributed by atoms with Gasteiger partial charge in [-0.3, -0.25) is 14.4 Å². The normalized spacial score (nSPS) is 20.2. The number of nitrogens with zero attached hydrogens (tertiary/aromatic N) is 1. The molecular formula is C18H21N3O3. The van der Waals surface area contributed by atoms with E-state index in [1.54, 1.807) is 6.08 Å². The second-order valence-electron chi connectivity index (χ2n) is 6.30. The van der Waals surface area contributed by atoms with Crippen LogP contribution in [0.5, 0.6) is 0 Å². The Balaban J connectivity index is 1.94. The highest BCUT2D eigenvalue weighted by Crippen LogP contribution is 2.23. The molecular weight excluding hydrogens is 306 g/mol. The number of hydrogen-bond acceptors (Lipinski definition) is 3. The molecule has 2 N–H and O–H groups in total. The first-order valence-corrected chi connectivity index (χ1v) is 7.97. The second kappa shape index (κ2) is 6.49. The summed E-state index contributed by atoms with van der Waals surface area (Å²) < 4.78 is 0. The summed E-state index contributed by atoms with van der Waals surface area (Å²) >= 11 is 0. The van der Waals surface area contributed by atoms with Crippen molar-refractivity contribution in [1.29, 1.82) is 0 Å². The van der Waals surface area contributed by atoms with E-state index < -0.39 is 6.04 Å². The molecule has 0 radical (unpaired) electrons. The van der Waals surface area contributed by atoms with Crippen molar-refractivity contribution in [2.75, 3.05) is 7.11 Å². The van der Waals surface area contributed by atoms with Crippen molar-refractivity contribution in [2.24, 2.45) is 5.92 Å². The average Bonchev–Trinajstić information content (AvgIpc) is 2.95. The summed E-state index contributed by atoms with van der Waals surface area (Å²) in [4.78, 5) is 33.4. The summed E-state index contributed by atoms with van der Waals surface area (Å²) in [6.45, 7) is 4.01. The zero-order valence-electron chi connectivity index (χ0n) is 14.0. The van der Waals surface area contributed by atoms with Gasteiger partial charge in [0.1, 0.15) is 11.7 Å². The highest BCUT2D eigenvalue weighted by molar-refractivity contribution is 6.07. The second-order valence-corrected chi connectivity index (χ2v) is 6.30. The molecule has 6 heteroatoms. The molecule has 0 spiro atoms. The molecule has 2 heterocycles. The molecule has 2 amide bonds. The zero-order valence-corrected chi connectivity index (χ0v) is 14.0. The van der Waals surface area contributed by atoms with Crippen molar-refractivity contribution in [3.05, 3.63) is 41.7 Å². The molecule has 1 atom stereocenters. The Hall–Kier alpha value is -2.60. The smallest absolute Gasteiger partial charge is 0.294 e. The number of para-hydroxylation sites is 1. The van der Waals surface area contributed by atoms with Crippen molar-refractivity contribution in [1.82, 2.24) is 15.4 Å². The van der Waals surface area contributed by atoms with E-state index in [4.69, 9.17) is 4.84 Å². The van der Waals surface area contributed by atoms with E-state index in [9.17, 15) is 9.59 Å². The maximum absolute atomic E-state index is 12.7. The van der Waals surface area contributed by atoms with Crippen LogP contribution in [0.25, 0.3) is 17.0 Å². The third-order valence-electron chi connectivity index (χ3n) is 4.09. The molecule has 1 aromatic heterocycles. The van der Waals surface area contributed by atoms with Gasteiger partial charge in [-0.2, -0.15) is 0 Å². The molecule has 2 aromatic rings. The molecule has 0 saturated carbocycles. The van der Waals surface area contributed by atoms with Crippen molar-refractivity contribution in [2.45, 2.75) is 26.3 Å². The minimum absolute atomic E-state index is 0.214. The Labute approximate surface area is 140 Å². The number of piperazine rings is 1. The molecule has 1 aromatic carbocycles. The van der Waals surface area contributed by atoms with Gasteiger partial charge in [0.05, 0.1) is 7.11 Å². The van der Waals surface area contributed by atoms with E-state index in [1.807, 2.05) is 44.3 Å². The molecule has 6 nitrogen and oxygen atoms in total. The largest absolute Gasteiger partial charge is 0.361 e. The summed E-state index contributed by atoms with van der Waals surface area (Å²) in [5.74, 6) is -0.297. The summed E-state index contributed by atoms with van der Waals surface area (Å²) in [7, 11) is 1.41. The molecule has 24 heavy (non-hydrogen) atoms.